The Morgan fingerprint density at radius 1 is 0.939 bits per heavy atom. The molecule has 1 aliphatic rings. The predicted octanol–water partition coefficient (Wildman–Crippen LogP) is 10.3. The monoisotopic (exact) mass is 831 g/mol. The molecule has 1 aliphatic carbocycles. The van der Waals surface area contributed by atoms with Gasteiger partial charge in [0.2, 0.25) is 0 Å². The van der Waals surface area contributed by atoms with Gasteiger partial charge in [0.1, 0.15) is 11.6 Å². The first-order chi connectivity index (χ1) is 23.4. The van der Waals surface area contributed by atoms with E-state index in [4.69, 9.17) is 19.6 Å². The zero-order chi connectivity index (χ0) is 33.4. The molecule has 0 radical (unpaired) electrons. The molecule has 0 N–H and O–H groups in total. The van der Waals surface area contributed by atoms with Crippen molar-refractivity contribution in [2.45, 2.75) is 79.1 Å². The molecule has 6 aromatic rings. The van der Waals surface area contributed by atoms with E-state index in [-0.39, 0.29) is 21.1 Å². The van der Waals surface area contributed by atoms with E-state index < -0.39 is 0 Å². The Hall–Kier alpha value is -4.15. The van der Waals surface area contributed by atoms with Crippen LogP contribution < -0.4 is 9.47 Å². The first-order valence-electron chi connectivity index (χ1n) is 17.4. The molecule has 6 nitrogen and oxygen atoms in total. The zero-order valence-corrected chi connectivity index (χ0v) is 31.5. The number of fused-ring (bicyclic) bond motifs is 3. The number of ether oxygens (including phenoxy) is 2. The van der Waals surface area contributed by atoms with E-state index in [1.807, 2.05) is 24.3 Å². The van der Waals surface area contributed by atoms with Gasteiger partial charge in [-0.2, -0.15) is 16.7 Å². The Kier molecular flexibility index (Phi) is 10.5. The van der Waals surface area contributed by atoms with E-state index in [1.54, 1.807) is 13.3 Å². The van der Waals surface area contributed by atoms with E-state index >= 15 is 0 Å². The number of para-hydroxylation sites is 1. The summed E-state index contributed by atoms with van der Waals surface area (Å²) in [5, 5.41) is 7.47. The fourth-order valence-electron chi connectivity index (χ4n) is 7.63. The van der Waals surface area contributed by atoms with Crippen LogP contribution in [-0.4, -0.2) is 26.4 Å². The Bertz CT molecular complexity index is 2140. The maximum atomic E-state index is 6.63. The predicted molar refractivity (Wildman–Crippen MR) is 194 cm³/mol. The number of rotatable bonds is 10. The molecular formula is C42H44N4O2Pt. The van der Waals surface area contributed by atoms with Crippen molar-refractivity contribution >= 4 is 21.8 Å². The number of nitrogens with zero attached hydrogens (tertiary/aromatic N) is 4. The number of aromatic nitrogens is 4. The molecule has 0 amide bonds. The third-order valence-electron chi connectivity index (χ3n) is 9.84. The first-order valence-corrected chi connectivity index (χ1v) is 17.4. The molecule has 0 aliphatic heterocycles. The van der Waals surface area contributed by atoms with Crippen LogP contribution in [0.3, 0.4) is 0 Å². The molecule has 3 heterocycles. The van der Waals surface area contributed by atoms with Gasteiger partial charge in [-0.1, -0.05) is 75.9 Å². The normalized spacial score (nSPS) is 16.1. The minimum Gasteiger partial charge on any atom is -0.509 e. The molecule has 7 heteroatoms. The summed E-state index contributed by atoms with van der Waals surface area (Å²) in [5.41, 5.74) is 9.41. The van der Waals surface area contributed by atoms with Crippen LogP contribution in [0.2, 0.25) is 0 Å². The molecule has 0 bridgehead atoms. The maximum Gasteiger partial charge on any atom is 2.00 e. The molecule has 1 unspecified atom stereocenters. The molecule has 2 atom stereocenters. The molecule has 3 aromatic heterocycles. The largest absolute Gasteiger partial charge is 2.00 e. The van der Waals surface area contributed by atoms with E-state index in [9.17, 15) is 0 Å². The molecular weight excluding hydrogens is 788 g/mol. The fourth-order valence-corrected chi connectivity index (χ4v) is 7.63. The number of hydrogen-bond donors (Lipinski definition) is 0. The second-order valence-electron chi connectivity index (χ2n) is 13.0. The molecule has 254 valence electrons. The third kappa shape index (κ3) is 6.48. The van der Waals surface area contributed by atoms with Crippen LogP contribution in [0.5, 0.6) is 17.2 Å². The van der Waals surface area contributed by atoms with E-state index in [2.05, 4.69) is 98.5 Å². The number of hydrogen-bond acceptors (Lipinski definition) is 4. The third-order valence-corrected chi connectivity index (χ3v) is 9.84. The van der Waals surface area contributed by atoms with E-state index in [0.717, 1.165) is 71.2 Å². The number of aryl methyl sites for hydroxylation is 2. The average Bonchev–Trinajstić information content (AvgIpc) is 3.63. The second kappa shape index (κ2) is 14.8. The number of allylic oxidation sites excluding steroid dienone is 2. The first kappa shape index (κ1) is 34.7. The Labute approximate surface area is 304 Å². The maximum absolute atomic E-state index is 6.63. The molecule has 0 saturated heterocycles. The Morgan fingerprint density at radius 3 is 2.53 bits per heavy atom. The van der Waals surface area contributed by atoms with Gasteiger partial charge in [0.05, 0.1) is 12.8 Å². The van der Waals surface area contributed by atoms with Crippen LogP contribution in [0, 0.1) is 18.1 Å². The van der Waals surface area contributed by atoms with Gasteiger partial charge >= 0.3 is 21.1 Å². The fraction of sp³-hybridized carbons (Fsp3) is 0.333. The van der Waals surface area contributed by atoms with Crippen LogP contribution in [0.4, 0.5) is 0 Å². The van der Waals surface area contributed by atoms with Crippen molar-refractivity contribution in [2.24, 2.45) is 5.92 Å². The van der Waals surface area contributed by atoms with Gasteiger partial charge in [-0.3, -0.25) is 4.68 Å². The van der Waals surface area contributed by atoms with Gasteiger partial charge in [-0.15, -0.1) is 35.7 Å². The minimum absolute atomic E-state index is 0. The topological polar surface area (TPSA) is 54.1 Å². The zero-order valence-electron chi connectivity index (χ0n) is 29.2. The van der Waals surface area contributed by atoms with Gasteiger partial charge in [0, 0.05) is 46.5 Å². The van der Waals surface area contributed by atoms with Gasteiger partial charge in [0.15, 0.2) is 0 Å². The SMILES string of the molecule is CCCc1cc(Oc2[c-]c3c(cc2)c2ccccc2n3-c2cc(OC)ccn2)[c-]c(-n2nc(CC)c(C3C(C)=CCC[C@@H]3C)c2CC)c1.[Pt+2]. The number of pyridine rings is 1. The van der Waals surface area contributed by atoms with Gasteiger partial charge in [-0.05, 0) is 61.7 Å². The van der Waals surface area contributed by atoms with Crippen molar-refractivity contribution in [3.8, 4) is 28.8 Å². The standard InChI is InChI=1S/C42H44N4O2.Pt/c1-7-13-29-22-30(46-37(9-3)42(36(8-2)44-46)41-27(4)14-12-15-28(41)5)24-33(23-29)48-32-18-19-35-34-16-10-11-17-38(34)45(39(35)25-32)40-26-31(47-6)20-21-43-40;/h10-11,14,16-23,26,28,41H,7-9,12-13,15H2,1-6H3;/q-2;+2/t28-,41?;/m0./s1. The van der Waals surface area contributed by atoms with E-state index in [1.165, 1.54) is 34.5 Å². The molecule has 0 spiro atoms. The molecule has 7 rings (SSSR count). The van der Waals surface area contributed by atoms with Gasteiger partial charge in [0.25, 0.3) is 0 Å². The second-order valence-corrected chi connectivity index (χ2v) is 13.0. The Morgan fingerprint density at radius 2 is 1.78 bits per heavy atom. The van der Waals surface area contributed by atoms with Crippen LogP contribution in [0.1, 0.15) is 82.3 Å². The van der Waals surface area contributed by atoms with Crippen molar-refractivity contribution < 1.29 is 30.5 Å². The summed E-state index contributed by atoms with van der Waals surface area (Å²) < 4.78 is 16.4. The molecule has 3 aromatic carbocycles. The van der Waals surface area contributed by atoms with Gasteiger partial charge in [-0.25, -0.2) is 4.98 Å². The van der Waals surface area contributed by atoms with Crippen LogP contribution in [0.25, 0.3) is 33.3 Å². The number of benzene rings is 3. The van der Waals surface area contributed by atoms with Crippen LogP contribution >= 0.6 is 0 Å². The summed E-state index contributed by atoms with van der Waals surface area (Å²) in [6.45, 7) is 11.4. The summed E-state index contributed by atoms with van der Waals surface area (Å²) in [6.07, 6.45) is 10.3. The molecule has 0 saturated carbocycles. The van der Waals surface area contributed by atoms with Crippen LogP contribution in [0.15, 0.2) is 78.5 Å². The van der Waals surface area contributed by atoms with Crippen molar-refractivity contribution in [2.75, 3.05) is 7.11 Å². The quantitative estimate of drug-likeness (QED) is 0.102. The summed E-state index contributed by atoms with van der Waals surface area (Å²) in [6, 6.07) is 27.8. The van der Waals surface area contributed by atoms with Crippen molar-refractivity contribution in [3.63, 3.8) is 0 Å². The summed E-state index contributed by atoms with van der Waals surface area (Å²) >= 11 is 0. The summed E-state index contributed by atoms with van der Waals surface area (Å²) in [5.74, 6) is 3.78. The number of methoxy groups -OCH3 is 1. The minimum atomic E-state index is 0. The van der Waals surface area contributed by atoms with Crippen molar-refractivity contribution in [1.29, 1.82) is 0 Å². The molecule has 0 fully saturated rings. The van der Waals surface area contributed by atoms with Crippen molar-refractivity contribution in [3.05, 3.63) is 113 Å². The molecule has 49 heavy (non-hydrogen) atoms. The van der Waals surface area contributed by atoms with Crippen LogP contribution in [-0.2, 0) is 40.3 Å². The average molecular weight is 832 g/mol. The summed E-state index contributed by atoms with van der Waals surface area (Å²) in [7, 11) is 1.67. The van der Waals surface area contributed by atoms with Gasteiger partial charge < -0.3 is 14.0 Å². The summed E-state index contributed by atoms with van der Waals surface area (Å²) in [4.78, 5) is 4.70. The Balaban J connectivity index is 0.00000417. The van der Waals surface area contributed by atoms with E-state index in [0.29, 0.717) is 23.3 Å². The van der Waals surface area contributed by atoms with Crippen molar-refractivity contribution in [1.82, 2.24) is 19.3 Å². The smallest absolute Gasteiger partial charge is 0.509 e.